The molecule has 0 bridgehead atoms. The fraction of sp³-hybridized carbons (Fsp3) is 0.259. The Morgan fingerprint density at radius 1 is 0.900 bits per heavy atom. The number of fused-ring (bicyclic) bond motifs is 1. The zero-order valence-corrected chi connectivity index (χ0v) is 18.2. The first kappa shape index (κ1) is 19.3. The highest BCUT2D eigenvalue weighted by atomic mass is 32.1. The van der Waals surface area contributed by atoms with Crippen molar-refractivity contribution in [1.29, 1.82) is 0 Å². The van der Waals surface area contributed by atoms with Gasteiger partial charge in [-0.15, -0.1) is 11.3 Å². The van der Waals surface area contributed by atoms with E-state index in [0.717, 1.165) is 5.75 Å². The molecule has 1 fully saturated rings. The molecule has 1 aliphatic heterocycles. The molecule has 0 aliphatic carbocycles. The highest BCUT2D eigenvalue weighted by Crippen LogP contribution is 2.35. The van der Waals surface area contributed by atoms with Crippen LogP contribution in [-0.4, -0.2) is 25.0 Å². The maximum Gasteiger partial charge on any atom is 0.122 e. The van der Waals surface area contributed by atoms with Crippen LogP contribution in [0.15, 0.2) is 78.2 Å². The zero-order chi connectivity index (χ0) is 20.3. The van der Waals surface area contributed by atoms with Crippen LogP contribution in [0.3, 0.4) is 0 Å². The maximum absolute atomic E-state index is 6.21. The van der Waals surface area contributed by atoms with Crippen LogP contribution in [0.1, 0.15) is 29.2 Å². The topological polar surface area (TPSA) is 12.5 Å². The molecular weight excluding hydrogens is 386 g/mol. The Balaban J connectivity index is 1.34. The van der Waals surface area contributed by atoms with Crippen LogP contribution in [0.4, 0.5) is 0 Å². The highest BCUT2D eigenvalue weighted by molar-refractivity contribution is 7.10. The molecule has 1 aromatic heterocycles. The molecule has 0 atom stereocenters. The molecule has 2 heterocycles. The molecule has 3 aromatic carbocycles. The summed E-state index contributed by atoms with van der Waals surface area (Å²) in [4.78, 5) is 3.68. The van der Waals surface area contributed by atoms with Gasteiger partial charge in [0, 0.05) is 4.88 Å². The molecule has 0 radical (unpaired) electrons. The van der Waals surface area contributed by atoms with Gasteiger partial charge in [-0.1, -0.05) is 54.6 Å². The van der Waals surface area contributed by atoms with Crippen molar-refractivity contribution >= 4 is 22.1 Å². The molecular formula is C27H27NOS. The molecule has 30 heavy (non-hydrogen) atoms. The second kappa shape index (κ2) is 8.63. The SMILES string of the molecule is CN1CCC(c2cccc3ccc(OCc4cc(-c5ccccc5)cs4)cc23)CC1. The van der Waals surface area contributed by atoms with E-state index in [2.05, 4.69) is 90.1 Å². The van der Waals surface area contributed by atoms with Crippen molar-refractivity contribution in [2.45, 2.75) is 25.4 Å². The summed E-state index contributed by atoms with van der Waals surface area (Å²) in [7, 11) is 2.22. The number of ether oxygens (including phenoxy) is 1. The molecule has 0 N–H and O–H groups in total. The van der Waals surface area contributed by atoms with E-state index < -0.39 is 0 Å². The summed E-state index contributed by atoms with van der Waals surface area (Å²) in [6.45, 7) is 2.97. The fourth-order valence-corrected chi connectivity index (χ4v) is 5.24. The smallest absolute Gasteiger partial charge is 0.122 e. The van der Waals surface area contributed by atoms with E-state index in [0.29, 0.717) is 12.5 Å². The number of thiophene rings is 1. The van der Waals surface area contributed by atoms with Crippen LogP contribution < -0.4 is 4.74 Å². The first-order valence-corrected chi connectivity index (χ1v) is 11.6. The van der Waals surface area contributed by atoms with Crippen molar-refractivity contribution in [2.24, 2.45) is 0 Å². The predicted molar refractivity (Wildman–Crippen MR) is 128 cm³/mol. The van der Waals surface area contributed by atoms with E-state index >= 15 is 0 Å². The zero-order valence-electron chi connectivity index (χ0n) is 17.4. The van der Waals surface area contributed by atoms with Crippen LogP contribution in [0.5, 0.6) is 5.75 Å². The van der Waals surface area contributed by atoms with Gasteiger partial charge in [-0.25, -0.2) is 0 Å². The number of nitrogens with zero attached hydrogens (tertiary/aromatic N) is 1. The van der Waals surface area contributed by atoms with Gasteiger partial charge < -0.3 is 9.64 Å². The van der Waals surface area contributed by atoms with Gasteiger partial charge in [-0.3, -0.25) is 0 Å². The molecule has 2 nitrogen and oxygen atoms in total. The number of hydrogen-bond acceptors (Lipinski definition) is 3. The van der Waals surface area contributed by atoms with Crippen molar-refractivity contribution in [2.75, 3.05) is 20.1 Å². The normalized spacial score (nSPS) is 15.5. The lowest BCUT2D eigenvalue weighted by Crippen LogP contribution is -2.29. The Morgan fingerprint density at radius 2 is 1.73 bits per heavy atom. The summed E-state index contributed by atoms with van der Waals surface area (Å²) in [5, 5.41) is 4.87. The molecule has 0 amide bonds. The van der Waals surface area contributed by atoms with Gasteiger partial charge in [0.1, 0.15) is 12.4 Å². The van der Waals surface area contributed by atoms with Gasteiger partial charge >= 0.3 is 0 Å². The summed E-state index contributed by atoms with van der Waals surface area (Å²) in [5.41, 5.74) is 4.00. The molecule has 0 spiro atoms. The number of hydrogen-bond donors (Lipinski definition) is 0. The van der Waals surface area contributed by atoms with E-state index in [1.165, 1.54) is 58.3 Å². The molecule has 0 saturated carbocycles. The minimum absolute atomic E-state index is 0.611. The van der Waals surface area contributed by atoms with E-state index in [4.69, 9.17) is 4.74 Å². The van der Waals surface area contributed by atoms with Gasteiger partial charge in [0.05, 0.1) is 0 Å². The van der Waals surface area contributed by atoms with Crippen molar-refractivity contribution in [3.05, 3.63) is 88.6 Å². The fourth-order valence-electron chi connectivity index (χ4n) is 4.43. The lowest BCUT2D eigenvalue weighted by atomic mass is 9.86. The second-order valence-electron chi connectivity index (χ2n) is 8.26. The Bertz CT molecular complexity index is 1130. The lowest BCUT2D eigenvalue weighted by Gasteiger charge is -2.30. The monoisotopic (exact) mass is 413 g/mol. The first-order chi connectivity index (χ1) is 14.8. The third-order valence-electron chi connectivity index (χ3n) is 6.19. The van der Waals surface area contributed by atoms with Crippen LogP contribution in [0.2, 0.25) is 0 Å². The van der Waals surface area contributed by atoms with Crippen molar-refractivity contribution < 1.29 is 4.74 Å². The first-order valence-electron chi connectivity index (χ1n) is 10.7. The Morgan fingerprint density at radius 3 is 2.57 bits per heavy atom. The Kier molecular flexibility index (Phi) is 5.56. The summed E-state index contributed by atoms with van der Waals surface area (Å²) >= 11 is 1.76. The third-order valence-corrected chi connectivity index (χ3v) is 7.10. The molecule has 1 saturated heterocycles. The highest BCUT2D eigenvalue weighted by Gasteiger charge is 2.20. The van der Waals surface area contributed by atoms with Crippen LogP contribution in [0, 0.1) is 0 Å². The Labute approximate surface area is 182 Å². The van der Waals surface area contributed by atoms with Crippen LogP contribution in [0.25, 0.3) is 21.9 Å². The minimum Gasteiger partial charge on any atom is -0.488 e. The molecule has 1 aliphatic rings. The second-order valence-corrected chi connectivity index (χ2v) is 9.26. The molecule has 152 valence electrons. The number of rotatable bonds is 5. The third kappa shape index (κ3) is 4.14. The van der Waals surface area contributed by atoms with Gasteiger partial charge in [0.15, 0.2) is 0 Å². The van der Waals surface area contributed by atoms with Crippen molar-refractivity contribution in [3.63, 3.8) is 0 Å². The van der Waals surface area contributed by atoms with Crippen molar-refractivity contribution in [1.82, 2.24) is 4.90 Å². The van der Waals surface area contributed by atoms with Crippen LogP contribution >= 0.6 is 11.3 Å². The lowest BCUT2D eigenvalue weighted by molar-refractivity contribution is 0.256. The quantitative estimate of drug-likeness (QED) is 0.351. The summed E-state index contributed by atoms with van der Waals surface area (Å²) in [6.07, 6.45) is 2.47. The van der Waals surface area contributed by atoms with E-state index in [-0.39, 0.29) is 0 Å². The van der Waals surface area contributed by atoms with E-state index in [9.17, 15) is 0 Å². The molecule has 5 rings (SSSR count). The Hall–Kier alpha value is -2.62. The van der Waals surface area contributed by atoms with E-state index in [1.807, 2.05) is 0 Å². The average molecular weight is 414 g/mol. The van der Waals surface area contributed by atoms with Gasteiger partial charge in [0.25, 0.3) is 0 Å². The summed E-state index contributed by atoms with van der Waals surface area (Å²) < 4.78 is 6.21. The van der Waals surface area contributed by atoms with Crippen molar-refractivity contribution in [3.8, 4) is 16.9 Å². The van der Waals surface area contributed by atoms with Gasteiger partial charge in [0.2, 0.25) is 0 Å². The largest absolute Gasteiger partial charge is 0.488 e. The number of benzene rings is 3. The average Bonchev–Trinajstić information content (AvgIpc) is 3.28. The standard InChI is InChI=1S/C27H27NOS/c1-28-14-12-22(13-15-28)26-9-5-8-21-10-11-24(17-27(21)26)29-18-25-16-23(19-30-25)20-6-3-2-4-7-20/h2-11,16-17,19,22H,12-15,18H2,1H3. The number of piperidine rings is 1. The minimum atomic E-state index is 0.611. The molecule has 0 unspecified atom stereocenters. The maximum atomic E-state index is 6.21. The predicted octanol–water partition coefficient (Wildman–Crippen LogP) is 6.96. The van der Waals surface area contributed by atoms with E-state index in [1.54, 1.807) is 11.3 Å². The van der Waals surface area contributed by atoms with Gasteiger partial charge in [-0.05, 0) is 89.9 Å². The number of likely N-dealkylation sites (tertiary alicyclic amines) is 1. The molecule has 4 aromatic rings. The summed E-state index contributed by atoms with van der Waals surface area (Å²) in [6, 6.07) is 26.0. The summed E-state index contributed by atoms with van der Waals surface area (Å²) in [5.74, 6) is 1.60. The molecule has 3 heteroatoms. The van der Waals surface area contributed by atoms with Crippen LogP contribution in [-0.2, 0) is 6.61 Å². The van der Waals surface area contributed by atoms with Gasteiger partial charge in [-0.2, -0.15) is 0 Å².